The van der Waals surface area contributed by atoms with Crippen LogP contribution in [0.15, 0.2) is 60.8 Å². The van der Waals surface area contributed by atoms with E-state index < -0.39 is 12.1 Å². The number of rotatable bonds is 9. The monoisotopic (exact) mass is 759 g/mol. The predicted octanol–water partition coefficient (Wildman–Crippen LogP) is 7.93. The Hall–Kier alpha value is -5.23. The molecule has 12 nitrogen and oxygen atoms in total. The molecule has 0 bridgehead atoms. The third kappa shape index (κ3) is 7.26. The summed E-state index contributed by atoms with van der Waals surface area (Å²) in [4.78, 5) is 60.0. The number of methoxy groups -OCH3 is 1. The smallest absolute Gasteiger partial charge is 0.407 e. The molecular formula is C44H53N7O5. The summed E-state index contributed by atoms with van der Waals surface area (Å²) in [5, 5.41) is 4.87. The number of imidazole rings is 2. The molecule has 3 saturated heterocycles. The Morgan fingerprint density at radius 1 is 0.929 bits per heavy atom. The molecule has 3 N–H and O–H groups in total. The molecular weight excluding hydrogens is 707 g/mol. The number of aromatic amines is 2. The Morgan fingerprint density at radius 2 is 1.68 bits per heavy atom. The van der Waals surface area contributed by atoms with Gasteiger partial charge in [0.25, 0.3) is 0 Å². The lowest BCUT2D eigenvalue weighted by molar-refractivity contribution is -0.135. The number of benzene rings is 3. The minimum atomic E-state index is -0.683. The third-order valence-corrected chi connectivity index (χ3v) is 12.1. The summed E-state index contributed by atoms with van der Waals surface area (Å²) in [6.45, 7) is 10.9. The van der Waals surface area contributed by atoms with Crippen LogP contribution in [0.2, 0.25) is 0 Å². The quantitative estimate of drug-likeness (QED) is 0.138. The summed E-state index contributed by atoms with van der Waals surface area (Å²) in [6, 6.07) is 18.2. The van der Waals surface area contributed by atoms with Crippen LogP contribution in [0.5, 0.6) is 0 Å². The molecule has 5 aromatic rings. The number of hydrogen-bond donors (Lipinski definition) is 3. The largest absolute Gasteiger partial charge is 0.453 e. The van der Waals surface area contributed by atoms with Crippen molar-refractivity contribution in [3.05, 3.63) is 72.4 Å². The van der Waals surface area contributed by atoms with E-state index in [1.54, 1.807) is 0 Å². The SMILES string of the molecule is COC(=O)N[C@H](C(=O)N1CCC[C@H]1c1nc2ccc3cc(-c4ccc(-c5cnc([C@@H]6CC7(CCOCC7)CN6C(=O)CC(C)C)[nH]5)cc4)ccc3c2[nH]1)C(C)C. The second-order valence-electron chi connectivity index (χ2n) is 16.8. The highest BCUT2D eigenvalue weighted by Gasteiger charge is 2.48. The van der Waals surface area contributed by atoms with E-state index in [-0.39, 0.29) is 35.2 Å². The van der Waals surface area contributed by atoms with E-state index in [9.17, 15) is 14.4 Å². The number of amides is 3. The van der Waals surface area contributed by atoms with Crippen molar-refractivity contribution in [1.82, 2.24) is 35.1 Å². The van der Waals surface area contributed by atoms with Crippen molar-refractivity contribution in [2.75, 3.05) is 33.4 Å². The topological polar surface area (TPSA) is 146 Å². The van der Waals surface area contributed by atoms with Crippen LogP contribution in [0.25, 0.3) is 44.2 Å². The molecule has 3 aromatic carbocycles. The lowest BCUT2D eigenvalue weighted by Gasteiger charge is -2.33. The number of nitrogens with zero attached hydrogens (tertiary/aromatic N) is 4. The number of hydrogen-bond acceptors (Lipinski definition) is 7. The van der Waals surface area contributed by atoms with Crippen molar-refractivity contribution >= 4 is 39.7 Å². The van der Waals surface area contributed by atoms with Crippen LogP contribution in [-0.2, 0) is 19.1 Å². The summed E-state index contributed by atoms with van der Waals surface area (Å²) in [7, 11) is 1.30. The van der Waals surface area contributed by atoms with Crippen molar-refractivity contribution in [1.29, 1.82) is 0 Å². The Bertz CT molecular complexity index is 2240. The number of carbonyl (C=O) groups is 3. The second-order valence-corrected chi connectivity index (χ2v) is 16.8. The number of fused-ring (bicyclic) bond motifs is 3. The van der Waals surface area contributed by atoms with Crippen molar-refractivity contribution in [2.24, 2.45) is 17.3 Å². The van der Waals surface area contributed by atoms with Crippen LogP contribution in [-0.4, -0.2) is 87.1 Å². The lowest BCUT2D eigenvalue weighted by Crippen LogP contribution is -2.51. The maximum Gasteiger partial charge on any atom is 0.407 e. The fourth-order valence-corrected chi connectivity index (χ4v) is 9.05. The van der Waals surface area contributed by atoms with Crippen molar-refractivity contribution in [3.8, 4) is 22.4 Å². The number of likely N-dealkylation sites (tertiary alicyclic amines) is 2. The number of aromatic nitrogens is 4. The van der Waals surface area contributed by atoms with Gasteiger partial charge in [-0.25, -0.2) is 14.8 Å². The first kappa shape index (κ1) is 37.7. The average Bonchev–Trinajstić information content (AvgIpc) is 4.02. The van der Waals surface area contributed by atoms with Crippen LogP contribution in [0.4, 0.5) is 4.79 Å². The fourth-order valence-electron chi connectivity index (χ4n) is 9.05. The van der Waals surface area contributed by atoms with E-state index in [1.807, 2.05) is 31.0 Å². The zero-order valence-corrected chi connectivity index (χ0v) is 33.1. The van der Waals surface area contributed by atoms with Gasteiger partial charge >= 0.3 is 6.09 Å². The van der Waals surface area contributed by atoms with Crippen LogP contribution < -0.4 is 5.32 Å². The van der Waals surface area contributed by atoms with Crippen molar-refractivity contribution in [3.63, 3.8) is 0 Å². The molecule has 294 valence electrons. The third-order valence-electron chi connectivity index (χ3n) is 12.1. The first-order chi connectivity index (χ1) is 27.0. The number of H-pyrrole nitrogens is 2. The molecule has 5 heterocycles. The highest BCUT2D eigenvalue weighted by atomic mass is 16.5. The van der Waals surface area contributed by atoms with Crippen LogP contribution in [0.1, 0.15) is 90.0 Å². The maximum atomic E-state index is 13.7. The van der Waals surface area contributed by atoms with Gasteiger partial charge in [0, 0.05) is 38.1 Å². The Balaban J connectivity index is 1.00. The highest BCUT2D eigenvalue weighted by molar-refractivity contribution is 6.05. The van der Waals surface area contributed by atoms with Crippen LogP contribution >= 0.6 is 0 Å². The number of alkyl carbamates (subject to hydrolysis) is 1. The van der Waals surface area contributed by atoms with Gasteiger partial charge in [-0.2, -0.15) is 0 Å². The van der Waals surface area contributed by atoms with Gasteiger partial charge in [0.1, 0.15) is 17.7 Å². The number of nitrogens with one attached hydrogen (secondary N) is 3. The van der Waals surface area contributed by atoms with Crippen LogP contribution in [0.3, 0.4) is 0 Å². The minimum absolute atomic E-state index is 0.0606. The normalized spacial score (nSPS) is 20.1. The average molecular weight is 760 g/mol. The molecule has 56 heavy (non-hydrogen) atoms. The molecule has 1 spiro atoms. The zero-order chi connectivity index (χ0) is 39.1. The van der Waals surface area contributed by atoms with Crippen molar-refractivity contribution in [2.45, 2.75) is 84.3 Å². The van der Waals surface area contributed by atoms with E-state index in [2.05, 4.69) is 82.6 Å². The molecule has 8 rings (SSSR count). The minimum Gasteiger partial charge on any atom is -0.453 e. The molecule has 3 fully saturated rings. The highest BCUT2D eigenvalue weighted by Crippen LogP contribution is 2.49. The predicted molar refractivity (Wildman–Crippen MR) is 215 cm³/mol. The van der Waals surface area contributed by atoms with Gasteiger partial charge in [0.15, 0.2) is 0 Å². The van der Waals surface area contributed by atoms with E-state index in [1.165, 1.54) is 7.11 Å². The molecule has 3 atom stereocenters. The van der Waals surface area contributed by atoms with Crippen molar-refractivity contribution < 1.29 is 23.9 Å². The first-order valence-corrected chi connectivity index (χ1v) is 20.1. The Kier molecular flexibility index (Phi) is 10.3. The van der Waals surface area contributed by atoms with Gasteiger partial charge < -0.3 is 34.6 Å². The summed E-state index contributed by atoms with van der Waals surface area (Å²) in [5.74, 6) is 1.90. The van der Waals surface area contributed by atoms with E-state index in [0.29, 0.717) is 18.9 Å². The molecule has 0 unspecified atom stereocenters. The number of ether oxygens (including phenoxy) is 2. The van der Waals surface area contributed by atoms with Gasteiger partial charge in [-0.3, -0.25) is 9.59 Å². The molecule has 3 aliphatic heterocycles. The fraction of sp³-hybridized carbons (Fsp3) is 0.477. The Morgan fingerprint density at radius 3 is 2.41 bits per heavy atom. The summed E-state index contributed by atoms with van der Waals surface area (Å²) < 4.78 is 10.5. The summed E-state index contributed by atoms with van der Waals surface area (Å²) in [5.41, 5.74) is 6.07. The molecule has 0 saturated carbocycles. The van der Waals surface area contributed by atoms with E-state index >= 15 is 0 Å². The molecule has 0 radical (unpaired) electrons. The first-order valence-electron chi connectivity index (χ1n) is 20.1. The maximum absolute atomic E-state index is 13.7. The molecule has 0 aliphatic carbocycles. The lowest BCUT2D eigenvalue weighted by atomic mass is 9.78. The van der Waals surface area contributed by atoms with Gasteiger partial charge in [0.05, 0.1) is 42.1 Å². The van der Waals surface area contributed by atoms with Gasteiger partial charge in [-0.1, -0.05) is 70.2 Å². The summed E-state index contributed by atoms with van der Waals surface area (Å²) >= 11 is 0. The Labute approximate surface area is 327 Å². The molecule has 3 amide bonds. The molecule has 12 heteroatoms. The molecule has 2 aromatic heterocycles. The van der Waals surface area contributed by atoms with Gasteiger partial charge in [0.2, 0.25) is 11.8 Å². The second kappa shape index (κ2) is 15.4. The zero-order valence-electron chi connectivity index (χ0n) is 33.1. The van der Waals surface area contributed by atoms with E-state index in [0.717, 1.165) is 108 Å². The van der Waals surface area contributed by atoms with Gasteiger partial charge in [-0.15, -0.1) is 0 Å². The number of carbonyl (C=O) groups excluding carboxylic acids is 3. The standard InChI is InChI=1S/C44H53N7O5/c1-26(2)21-37(52)51-25-44(16-19-56-20-17-44)23-36(51)40-45-24-34(47-40)29-10-8-28(9-11-29)30-12-14-32-31(22-30)13-15-33-39(32)48-41(46-33)35-7-6-18-50(35)42(53)38(27(3)4)49-43(54)55-5/h8-15,22,24,26-27,35-36,38H,6-7,16-21,23,25H2,1-5H3,(H,45,47)(H,46,48)(H,49,54)/t35-,36-,38-/m0/s1. The summed E-state index contributed by atoms with van der Waals surface area (Å²) in [6.07, 6.45) is 6.34. The van der Waals surface area contributed by atoms with E-state index in [4.69, 9.17) is 19.4 Å². The van der Waals surface area contributed by atoms with Gasteiger partial charge in [-0.05, 0) is 83.6 Å². The molecule has 3 aliphatic rings. The van der Waals surface area contributed by atoms with Crippen LogP contribution in [0, 0.1) is 17.3 Å².